The fourth-order valence-corrected chi connectivity index (χ4v) is 4.41. The van der Waals surface area contributed by atoms with Gasteiger partial charge in [-0.25, -0.2) is 0 Å². The third kappa shape index (κ3) is 4.64. The first-order chi connectivity index (χ1) is 13.0. The van der Waals surface area contributed by atoms with Crippen molar-refractivity contribution in [2.75, 3.05) is 0 Å². The molecule has 3 rings (SSSR count). The number of nitro benzene ring substituents is 1. The summed E-state index contributed by atoms with van der Waals surface area (Å²) in [6.45, 7) is 0. The Balaban J connectivity index is 1.64. The molecule has 0 spiro atoms. The molecule has 1 aromatic heterocycles. The maximum Gasteiger partial charge on any atom is 0.279 e. The lowest BCUT2D eigenvalue weighted by atomic mass is 10.00. The number of thiophene rings is 1. The first kappa shape index (κ1) is 19.3. The van der Waals surface area contributed by atoms with Crippen LogP contribution in [0.3, 0.4) is 0 Å². The van der Waals surface area contributed by atoms with Gasteiger partial charge in [-0.05, 0) is 43.4 Å². The van der Waals surface area contributed by atoms with Crippen LogP contribution in [0.4, 0.5) is 5.69 Å². The van der Waals surface area contributed by atoms with Gasteiger partial charge in [-0.1, -0.05) is 24.4 Å². The molecule has 1 aromatic carbocycles. The molecule has 0 saturated heterocycles. The van der Waals surface area contributed by atoms with Crippen LogP contribution in [0.5, 0.6) is 0 Å². The Bertz CT molecular complexity index is 871. The quantitative estimate of drug-likeness (QED) is 0.592. The predicted octanol–water partition coefficient (Wildman–Crippen LogP) is 4.04. The van der Waals surface area contributed by atoms with Gasteiger partial charge in [0.05, 0.1) is 20.4 Å². The number of halogens is 1. The molecule has 0 unspecified atom stereocenters. The molecule has 0 radical (unpaired) electrons. The zero-order valence-corrected chi connectivity index (χ0v) is 16.0. The van der Waals surface area contributed by atoms with Crippen LogP contribution < -0.4 is 10.9 Å². The summed E-state index contributed by atoms with van der Waals surface area (Å²) in [4.78, 5) is 36.5. The Kier molecular flexibility index (Phi) is 6.08. The molecule has 2 aromatic rings. The lowest BCUT2D eigenvalue weighted by Gasteiger charge is -2.07. The van der Waals surface area contributed by atoms with Crippen molar-refractivity contribution >= 4 is 40.4 Å². The number of hydrogen-bond acceptors (Lipinski definition) is 5. The average molecular weight is 408 g/mol. The van der Waals surface area contributed by atoms with Crippen LogP contribution in [0.1, 0.15) is 56.2 Å². The summed E-state index contributed by atoms with van der Waals surface area (Å²) < 4.78 is 0. The number of fused-ring (bicyclic) bond motifs is 1. The van der Waals surface area contributed by atoms with Gasteiger partial charge in [-0.15, -0.1) is 11.3 Å². The van der Waals surface area contributed by atoms with Crippen LogP contribution in [-0.4, -0.2) is 16.7 Å². The zero-order valence-electron chi connectivity index (χ0n) is 14.4. The number of nitro groups is 1. The SMILES string of the molecule is O=C(NNC(=O)c1ccc([N+](=O)[O-])cc1Cl)c1cc2c(s1)CCCCCC2. The maximum atomic E-state index is 12.4. The summed E-state index contributed by atoms with van der Waals surface area (Å²) in [6, 6.07) is 5.42. The van der Waals surface area contributed by atoms with Gasteiger partial charge in [0.1, 0.15) is 0 Å². The molecule has 0 fully saturated rings. The summed E-state index contributed by atoms with van der Waals surface area (Å²) in [5.74, 6) is -1.03. The Morgan fingerprint density at radius 3 is 2.44 bits per heavy atom. The van der Waals surface area contributed by atoms with E-state index in [0.717, 1.165) is 31.7 Å². The van der Waals surface area contributed by atoms with E-state index in [4.69, 9.17) is 11.6 Å². The van der Waals surface area contributed by atoms with E-state index in [1.807, 2.05) is 6.07 Å². The van der Waals surface area contributed by atoms with Crippen LogP contribution >= 0.6 is 22.9 Å². The smallest absolute Gasteiger partial charge is 0.267 e. The highest BCUT2D eigenvalue weighted by Crippen LogP contribution is 2.28. The Morgan fingerprint density at radius 1 is 1.04 bits per heavy atom. The van der Waals surface area contributed by atoms with Gasteiger partial charge in [-0.3, -0.25) is 30.6 Å². The molecule has 1 heterocycles. The van der Waals surface area contributed by atoms with Crippen molar-refractivity contribution in [2.24, 2.45) is 0 Å². The van der Waals surface area contributed by atoms with E-state index < -0.39 is 16.7 Å². The molecule has 0 bridgehead atoms. The Morgan fingerprint density at radius 2 is 1.74 bits per heavy atom. The molecule has 142 valence electrons. The molecule has 27 heavy (non-hydrogen) atoms. The minimum Gasteiger partial charge on any atom is -0.267 e. The third-order valence-electron chi connectivity index (χ3n) is 4.42. The molecular weight excluding hydrogens is 390 g/mol. The van der Waals surface area contributed by atoms with Crippen molar-refractivity contribution < 1.29 is 14.5 Å². The number of aryl methyl sites for hydroxylation is 2. The van der Waals surface area contributed by atoms with Crippen molar-refractivity contribution in [3.8, 4) is 0 Å². The van der Waals surface area contributed by atoms with Crippen molar-refractivity contribution in [1.29, 1.82) is 0 Å². The highest BCUT2D eigenvalue weighted by molar-refractivity contribution is 7.14. The van der Waals surface area contributed by atoms with Gasteiger partial charge in [0.2, 0.25) is 0 Å². The topological polar surface area (TPSA) is 101 Å². The number of amides is 2. The number of hydrazine groups is 1. The maximum absolute atomic E-state index is 12.4. The first-order valence-corrected chi connectivity index (χ1v) is 9.81. The minimum absolute atomic E-state index is 0.0426. The van der Waals surface area contributed by atoms with Crippen LogP contribution in [0.2, 0.25) is 5.02 Å². The standard InChI is InChI=1S/C18H18ClN3O4S/c19-14-10-12(22(25)26)7-8-13(14)17(23)20-21-18(24)16-9-11-5-3-1-2-4-6-15(11)27-16/h7-10H,1-6H2,(H,20,23)(H,21,24). The molecule has 1 aliphatic rings. The van der Waals surface area contributed by atoms with Crippen LogP contribution in [0.25, 0.3) is 0 Å². The average Bonchev–Trinajstić information content (AvgIpc) is 3.01. The Labute approximate surface area is 164 Å². The van der Waals surface area contributed by atoms with E-state index in [1.165, 1.54) is 46.8 Å². The van der Waals surface area contributed by atoms with E-state index in [9.17, 15) is 19.7 Å². The number of benzene rings is 1. The molecule has 9 heteroatoms. The molecular formula is C18H18ClN3O4S. The second kappa shape index (κ2) is 8.49. The van der Waals surface area contributed by atoms with Crippen molar-refractivity contribution in [2.45, 2.75) is 38.5 Å². The summed E-state index contributed by atoms with van der Waals surface area (Å²) in [6.07, 6.45) is 6.64. The van der Waals surface area contributed by atoms with Crippen LogP contribution in [0.15, 0.2) is 24.3 Å². The van der Waals surface area contributed by atoms with E-state index >= 15 is 0 Å². The minimum atomic E-state index is -0.641. The summed E-state index contributed by atoms with van der Waals surface area (Å²) in [5.41, 5.74) is 5.74. The zero-order chi connectivity index (χ0) is 19.4. The molecule has 7 nitrogen and oxygen atoms in total. The second-order valence-electron chi connectivity index (χ2n) is 6.30. The van der Waals surface area contributed by atoms with Crippen LogP contribution in [-0.2, 0) is 12.8 Å². The Hall–Kier alpha value is -2.45. The first-order valence-electron chi connectivity index (χ1n) is 8.62. The number of nitrogens with zero attached hydrogens (tertiary/aromatic N) is 1. The lowest BCUT2D eigenvalue weighted by molar-refractivity contribution is -0.384. The van der Waals surface area contributed by atoms with Gasteiger partial charge < -0.3 is 0 Å². The van der Waals surface area contributed by atoms with Gasteiger partial charge in [0, 0.05) is 17.0 Å². The predicted molar refractivity (Wildman–Crippen MR) is 103 cm³/mol. The van der Waals surface area contributed by atoms with Crippen molar-refractivity contribution in [1.82, 2.24) is 10.9 Å². The number of hydrogen-bond donors (Lipinski definition) is 2. The largest absolute Gasteiger partial charge is 0.279 e. The van der Waals surface area contributed by atoms with E-state index in [-0.39, 0.29) is 16.3 Å². The summed E-state index contributed by atoms with van der Waals surface area (Å²) in [7, 11) is 0. The summed E-state index contributed by atoms with van der Waals surface area (Å²) >= 11 is 7.38. The number of carbonyl (C=O) groups is 2. The second-order valence-corrected chi connectivity index (χ2v) is 7.85. The fraction of sp³-hybridized carbons (Fsp3) is 0.333. The van der Waals surface area contributed by atoms with Crippen molar-refractivity contribution in [3.05, 3.63) is 60.3 Å². The number of rotatable bonds is 3. The molecule has 0 aliphatic heterocycles. The van der Waals surface area contributed by atoms with E-state index in [1.54, 1.807) is 0 Å². The third-order valence-corrected chi connectivity index (χ3v) is 5.97. The lowest BCUT2D eigenvalue weighted by Crippen LogP contribution is -2.41. The normalized spacial score (nSPS) is 13.8. The molecule has 2 N–H and O–H groups in total. The summed E-state index contributed by atoms with van der Waals surface area (Å²) in [5, 5.41) is 10.7. The molecule has 0 saturated carbocycles. The van der Waals surface area contributed by atoms with Gasteiger partial charge >= 0.3 is 0 Å². The molecule has 0 atom stereocenters. The van der Waals surface area contributed by atoms with Crippen LogP contribution in [0, 0.1) is 10.1 Å². The fourth-order valence-electron chi connectivity index (χ4n) is 3.00. The van der Waals surface area contributed by atoms with Crippen molar-refractivity contribution in [3.63, 3.8) is 0 Å². The molecule has 1 aliphatic carbocycles. The van der Waals surface area contributed by atoms with Gasteiger partial charge in [-0.2, -0.15) is 0 Å². The van der Waals surface area contributed by atoms with Gasteiger partial charge in [0.15, 0.2) is 0 Å². The monoisotopic (exact) mass is 407 g/mol. The van der Waals surface area contributed by atoms with E-state index in [2.05, 4.69) is 10.9 Å². The number of nitrogens with one attached hydrogen (secondary N) is 2. The number of non-ortho nitro benzene ring substituents is 1. The molecule has 2 amide bonds. The van der Waals surface area contributed by atoms with E-state index in [0.29, 0.717) is 4.88 Å². The highest BCUT2D eigenvalue weighted by Gasteiger charge is 2.18. The van der Waals surface area contributed by atoms with Gasteiger partial charge in [0.25, 0.3) is 17.5 Å². The number of carbonyl (C=O) groups excluding carboxylic acids is 2. The highest BCUT2D eigenvalue weighted by atomic mass is 35.5.